The lowest BCUT2D eigenvalue weighted by Gasteiger charge is -2.61. The van der Waals surface area contributed by atoms with Gasteiger partial charge in [0.05, 0.1) is 70.1 Å². The van der Waals surface area contributed by atoms with Crippen molar-refractivity contribution in [1.82, 2.24) is 4.98 Å². The van der Waals surface area contributed by atoms with Gasteiger partial charge in [0.15, 0.2) is 6.10 Å². The number of esters is 3. The number of rotatable bonds is 8. The Morgan fingerprint density at radius 3 is 2.45 bits per heavy atom. The average Bonchev–Trinajstić information content (AvgIpc) is 3.92. The number of amides is 1. The van der Waals surface area contributed by atoms with Crippen LogP contribution in [0.5, 0.6) is 5.75 Å². The average molecular weight is 827 g/mol. The SMILES string of the molecule is CCC1(O)CC2C[NH+](CCc3c([nH]c4ccccc34)C(C(=O)OC)(c3cc4c(cc3OC)N(C=O)C3C(O)(C(=O)OC)C(OC(C)=O)C5(CC)C=CC[NH+]6CCC43C65)C2)C1. The molecule has 6 heterocycles. The van der Waals surface area contributed by atoms with E-state index in [1.54, 1.807) is 6.07 Å². The van der Waals surface area contributed by atoms with E-state index in [1.807, 2.05) is 50.3 Å². The molecule has 5 N–H and O–H groups in total. The smallest absolute Gasteiger partial charge is 0.344 e. The molecule has 9 rings (SSSR count). The van der Waals surface area contributed by atoms with Gasteiger partial charge in [0.25, 0.3) is 0 Å². The second-order valence-corrected chi connectivity index (χ2v) is 18.4. The molecule has 5 aliphatic heterocycles. The fourth-order valence-electron chi connectivity index (χ4n) is 13.8. The van der Waals surface area contributed by atoms with Crippen molar-refractivity contribution in [3.63, 3.8) is 0 Å². The van der Waals surface area contributed by atoms with E-state index in [1.165, 1.54) is 43.0 Å². The molecule has 1 spiro atoms. The molecular formula is C46H58N4O10+2. The van der Waals surface area contributed by atoms with Crippen molar-refractivity contribution in [2.45, 2.75) is 99.5 Å². The zero-order valence-electron chi connectivity index (χ0n) is 35.4. The van der Waals surface area contributed by atoms with Crippen LogP contribution in [-0.4, -0.2) is 123 Å². The van der Waals surface area contributed by atoms with Crippen LogP contribution in [0, 0.1) is 11.3 Å². The van der Waals surface area contributed by atoms with Crippen LogP contribution >= 0.6 is 0 Å². The van der Waals surface area contributed by atoms with Crippen molar-refractivity contribution in [2.24, 2.45) is 11.3 Å². The van der Waals surface area contributed by atoms with E-state index in [2.05, 4.69) is 11.1 Å². The molecule has 2 saturated heterocycles. The highest BCUT2D eigenvalue weighted by Gasteiger charge is 2.83. The predicted octanol–water partition coefficient (Wildman–Crippen LogP) is 0.683. The molecule has 320 valence electrons. The predicted molar refractivity (Wildman–Crippen MR) is 219 cm³/mol. The number of H-pyrrole nitrogens is 1. The molecule has 3 aromatic rings. The molecule has 60 heavy (non-hydrogen) atoms. The monoisotopic (exact) mass is 826 g/mol. The summed E-state index contributed by atoms with van der Waals surface area (Å²) in [6.07, 6.45) is 6.11. The summed E-state index contributed by atoms with van der Waals surface area (Å²) in [5.74, 6) is -1.97. The number of aliphatic hydroxyl groups is 2. The van der Waals surface area contributed by atoms with Gasteiger partial charge in [-0.2, -0.15) is 0 Å². The third-order valence-electron chi connectivity index (χ3n) is 15.9. The number of para-hydroxylation sites is 1. The summed E-state index contributed by atoms with van der Waals surface area (Å²) in [4.78, 5) is 64.1. The van der Waals surface area contributed by atoms with Gasteiger partial charge in [0, 0.05) is 53.9 Å². The van der Waals surface area contributed by atoms with Crippen LogP contribution in [0.2, 0.25) is 0 Å². The first-order chi connectivity index (χ1) is 28.8. The normalized spacial score (nSPS) is 37.4. The molecule has 14 heteroatoms. The Morgan fingerprint density at radius 1 is 1.00 bits per heavy atom. The van der Waals surface area contributed by atoms with E-state index in [-0.39, 0.29) is 18.4 Å². The summed E-state index contributed by atoms with van der Waals surface area (Å²) < 4.78 is 23.7. The number of carbonyl (C=O) groups is 4. The minimum atomic E-state index is -2.52. The number of aromatic amines is 1. The van der Waals surface area contributed by atoms with Gasteiger partial charge in [-0.25, -0.2) is 4.79 Å². The molecule has 11 atom stereocenters. The van der Waals surface area contributed by atoms with Crippen molar-refractivity contribution in [3.05, 3.63) is 70.9 Å². The molecular weight excluding hydrogens is 769 g/mol. The number of nitrogens with one attached hydrogen (secondary N) is 3. The fraction of sp³-hybridized carbons (Fsp3) is 0.565. The lowest BCUT2D eigenvalue weighted by Crippen LogP contribution is -3.18. The number of nitrogens with zero attached hydrogens (tertiary/aromatic N) is 1. The molecule has 1 saturated carbocycles. The van der Waals surface area contributed by atoms with E-state index in [0.717, 1.165) is 29.6 Å². The minimum absolute atomic E-state index is 0.114. The number of hydrogen-bond acceptors (Lipinski definition) is 10. The standard InChI is InChI=1S/C46H56N4O10/c1-7-42(55)22-28-23-45(40(53)58-5,36-30(14-18-48(24-28)25-42)29-12-9-10-13-33(29)47-36)32-20-31-34(21-35(32)57-4)50(26-51)38-44(31)16-19-49-17-11-15-43(8-2,37(44)49)39(60-27(3)52)46(38,56)41(54)59-6/h9-13,15,20-21,26,28,37-39,47,55-56H,7-8,14,16-19,22-25H2,1-6H3/p+2. The highest BCUT2D eigenvalue weighted by Crippen LogP contribution is 2.65. The first-order valence-electron chi connectivity index (χ1n) is 21.5. The molecule has 1 amide bonds. The number of methoxy groups -OCH3 is 3. The number of anilines is 1. The molecule has 3 fully saturated rings. The first kappa shape index (κ1) is 40.6. The lowest BCUT2D eigenvalue weighted by atomic mass is 9.47. The van der Waals surface area contributed by atoms with Crippen LogP contribution in [0.4, 0.5) is 5.69 Å². The fourth-order valence-corrected chi connectivity index (χ4v) is 13.8. The van der Waals surface area contributed by atoms with Crippen molar-refractivity contribution >= 4 is 40.9 Å². The summed E-state index contributed by atoms with van der Waals surface area (Å²) in [5.41, 5.74) is -2.88. The van der Waals surface area contributed by atoms with E-state index < -0.39 is 57.5 Å². The number of fused-ring (bicyclic) bond motifs is 6. The van der Waals surface area contributed by atoms with Crippen LogP contribution in [0.15, 0.2) is 48.6 Å². The van der Waals surface area contributed by atoms with E-state index in [0.29, 0.717) is 86.4 Å². The maximum absolute atomic E-state index is 15.3. The van der Waals surface area contributed by atoms with Gasteiger partial charge >= 0.3 is 17.9 Å². The molecule has 0 radical (unpaired) electrons. The van der Waals surface area contributed by atoms with Crippen LogP contribution in [0.25, 0.3) is 10.9 Å². The second-order valence-electron chi connectivity index (χ2n) is 18.4. The van der Waals surface area contributed by atoms with Gasteiger partial charge < -0.3 is 48.8 Å². The maximum atomic E-state index is 15.3. The molecule has 11 unspecified atom stereocenters. The Morgan fingerprint density at radius 2 is 1.77 bits per heavy atom. The molecule has 6 aliphatic rings. The quantitative estimate of drug-likeness (QED) is 0.0942. The first-order valence-corrected chi connectivity index (χ1v) is 21.5. The Hall–Kier alpha value is -4.76. The highest BCUT2D eigenvalue weighted by atomic mass is 16.6. The van der Waals surface area contributed by atoms with E-state index in [4.69, 9.17) is 18.9 Å². The zero-order valence-corrected chi connectivity index (χ0v) is 35.4. The van der Waals surface area contributed by atoms with Crippen LogP contribution in [0.1, 0.15) is 75.3 Å². The molecule has 2 bridgehead atoms. The zero-order chi connectivity index (χ0) is 42.6. The molecule has 1 aromatic heterocycles. The summed E-state index contributed by atoms with van der Waals surface area (Å²) in [6, 6.07) is 10.2. The van der Waals surface area contributed by atoms with E-state index in [9.17, 15) is 24.6 Å². The summed E-state index contributed by atoms with van der Waals surface area (Å²) in [7, 11) is 4.11. The van der Waals surface area contributed by atoms with Crippen LogP contribution in [0.3, 0.4) is 0 Å². The summed E-state index contributed by atoms with van der Waals surface area (Å²) in [6.45, 7) is 8.63. The third kappa shape index (κ3) is 5.19. The van der Waals surface area contributed by atoms with Crippen molar-refractivity contribution in [2.75, 3.05) is 59.0 Å². The number of benzene rings is 2. The van der Waals surface area contributed by atoms with Crippen molar-refractivity contribution < 1.29 is 58.1 Å². The summed E-state index contributed by atoms with van der Waals surface area (Å²) >= 11 is 0. The largest absolute Gasteiger partial charge is 0.496 e. The van der Waals surface area contributed by atoms with Crippen molar-refractivity contribution in [1.29, 1.82) is 0 Å². The number of ether oxygens (including phenoxy) is 4. The summed E-state index contributed by atoms with van der Waals surface area (Å²) in [5, 5.41) is 26.3. The number of aromatic nitrogens is 1. The number of quaternary nitrogens is 2. The Bertz CT molecular complexity index is 2310. The Balaban J connectivity index is 1.38. The van der Waals surface area contributed by atoms with Gasteiger partial charge in [-0.3, -0.25) is 14.4 Å². The Kier molecular flexibility index (Phi) is 9.58. The molecule has 14 nitrogen and oxygen atoms in total. The van der Waals surface area contributed by atoms with Crippen LogP contribution in [-0.2, 0) is 50.6 Å². The third-order valence-corrected chi connectivity index (χ3v) is 15.9. The number of piperidine rings is 1. The van der Waals surface area contributed by atoms with Gasteiger partial charge in [0.2, 0.25) is 12.0 Å². The minimum Gasteiger partial charge on any atom is -0.496 e. The highest BCUT2D eigenvalue weighted by molar-refractivity contribution is 5.96. The maximum Gasteiger partial charge on any atom is 0.344 e. The van der Waals surface area contributed by atoms with Gasteiger partial charge in [-0.05, 0) is 55.0 Å². The van der Waals surface area contributed by atoms with Gasteiger partial charge in [-0.1, -0.05) is 38.1 Å². The van der Waals surface area contributed by atoms with Gasteiger partial charge in [-0.15, -0.1) is 0 Å². The van der Waals surface area contributed by atoms with E-state index >= 15 is 4.79 Å². The van der Waals surface area contributed by atoms with Crippen LogP contribution < -0.4 is 19.4 Å². The molecule has 1 aliphatic carbocycles. The number of carbonyl (C=O) groups excluding carboxylic acids is 4. The molecule has 2 aromatic carbocycles. The van der Waals surface area contributed by atoms with Crippen molar-refractivity contribution in [3.8, 4) is 5.75 Å². The number of hydrogen-bond donors (Lipinski definition) is 5. The topological polar surface area (TPSA) is 174 Å². The second kappa shape index (κ2) is 14.1. The lowest BCUT2D eigenvalue weighted by molar-refractivity contribution is -0.920. The Labute approximate surface area is 349 Å². The van der Waals surface area contributed by atoms with Gasteiger partial charge in [0.1, 0.15) is 29.4 Å².